The molecular formula is C15H24N2O3S. The average Bonchev–Trinajstić information content (AvgIpc) is 2.47. The monoisotopic (exact) mass is 312 g/mol. The Hall–Kier alpha value is -1.21. The van der Waals surface area contributed by atoms with Gasteiger partial charge in [-0.25, -0.2) is 8.42 Å². The van der Waals surface area contributed by atoms with Crippen LogP contribution in [0.2, 0.25) is 0 Å². The van der Waals surface area contributed by atoms with Crippen molar-refractivity contribution in [1.82, 2.24) is 9.62 Å². The Morgan fingerprint density at radius 3 is 2.71 bits per heavy atom. The Labute approximate surface area is 127 Å². The maximum Gasteiger partial charge on any atom is 0.243 e. The standard InChI is InChI=1S/C15H24N2O3S/c1-3-9-16-13-14-7-5-6-8-15(14)21(19,20)17(10-4-2)11-12-18/h4-8,16,18H,2-3,9-13H2,1H3. The molecule has 0 unspecified atom stereocenters. The summed E-state index contributed by atoms with van der Waals surface area (Å²) in [6, 6.07) is 6.94. The van der Waals surface area contributed by atoms with E-state index in [1.54, 1.807) is 18.2 Å². The molecule has 0 fully saturated rings. The number of rotatable bonds is 10. The third kappa shape index (κ3) is 4.93. The summed E-state index contributed by atoms with van der Waals surface area (Å²) in [6.07, 6.45) is 2.51. The lowest BCUT2D eigenvalue weighted by Crippen LogP contribution is -2.34. The molecule has 0 aliphatic rings. The minimum Gasteiger partial charge on any atom is -0.395 e. The number of aliphatic hydroxyl groups excluding tert-OH is 1. The number of benzene rings is 1. The van der Waals surface area contributed by atoms with Crippen LogP contribution in [0.15, 0.2) is 41.8 Å². The van der Waals surface area contributed by atoms with Crippen molar-refractivity contribution in [3.8, 4) is 0 Å². The molecule has 2 N–H and O–H groups in total. The molecule has 1 rings (SSSR count). The van der Waals surface area contributed by atoms with Crippen molar-refractivity contribution in [1.29, 1.82) is 0 Å². The van der Waals surface area contributed by atoms with Gasteiger partial charge in [0.05, 0.1) is 11.5 Å². The van der Waals surface area contributed by atoms with Crippen LogP contribution < -0.4 is 5.32 Å². The number of sulfonamides is 1. The Bertz CT molecular complexity index is 544. The van der Waals surface area contributed by atoms with Crippen molar-refractivity contribution in [3.63, 3.8) is 0 Å². The molecule has 0 saturated heterocycles. The summed E-state index contributed by atoms with van der Waals surface area (Å²) in [6.45, 7) is 6.99. The summed E-state index contributed by atoms with van der Waals surface area (Å²) in [5.41, 5.74) is 0.734. The third-order valence-electron chi connectivity index (χ3n) is 3.01. The molecule has 0 saturated carbocycles. The first-order chi connectivity index (χ1) is 10.1. The minimum absolute atomic E-state index is 0.0606. The molecule has 6 heteroatoms. The van der Waals surface area contributed by atoms with Crippen LogP contribution in [0.1, 0.15) is 18.9 Å². The lowest BCUT2D eigenvalue weighted by molar-refractivity contribution is 0.260. The molecule has 0 spiro atoms. The lowest BCUT2D eigenvalue weighted by atomic mass is 10.2. The Morgan fingerprint density at radius 2 is 2.10 bits per heavy atom. The van der Waals surface area contributed by atoms with E-state index in [0.717, 1.165) is 18.5 Å². The number of nitrogens with zero attached hydrogens (tertiary/aromatic N) is 1. The van der Waals surface area contributed by atoms with E-state index in [-0.39, 0.29) is 24.6 Å². The van der Waals surface area contributed by atoms with Crippen LogP contribution in [-0.2, 0) is 16.6 Å². The fraction of sp³-hybridized carbons (Fsp3) is 0.467. The second-order valence-electron chi connectivity index (χ2n) is 4.66. The zero-order valence-electron chi connectivity index (χ0n) is 12.5. The first-order valence-corrected chi connectivity index (χ1v) is 8.52. The van der Waals surface area contributed by atoms with Crippen LogP contribution in [0.3, 0.4) is 0 Å². The molecule has 0 heterocycles. The predicted molar refractivity (Wildman–Crippen MR) is 84.5 cm³/mol. The quantitative estimate of drug-likeness (QED) is 0.505. The van der Waals surface area contributed by atoms with Gasteiger partial charge in [0.25, 0.3) is 0 Å². The fourth-order valence-electron chi connectivity index (χ4n) is 2.01. The van der Waals surface area contributed by atoms with Crippen LogP contribution in [0.4, 0.5) is 0 Å². The molecule has 118 valence electrons. The van der Waals surface area contributed by atoms with Crippen LogP contribution in [0, 0.1) is 0 Å². The van der Waals surface area contributed by atoms with Crippen molar-refractivity contribution in [3.05, 3.63) is 42.5 Å². The molecule has 0 bridgehead atoms. The van der Waals surface area contributed by atoms with Gasteiger partial charge >= 0.3 is 0 Å². The van der Waals surface area contributed by atoms with E-state index in [9.17, 15) is 8.42 Å². The van der Waals surface area contributed by atoms with E-state index >= 15 is 0 Å². The molecular weight excluding hydrogens is 288 g/mol. The second-order valence-corrected chi connectivity index (χ2v) is 6.57. The van der Waals surface area contributed by atoms with Crippen LogP contribution in [0.5, 0.6) is 0 Å². The van der Waals surface area contributed by atoms with Crippen LogP contribution in [0.25, 0.3) is 0 Å². The van der Waals surface area contributed by atoms with Gasteiger partial charge in [-0.05, 0) is 24.6 Å². The number of hydrogen-bond acceptors (Lipinski definition) is 4. The van der Waals surface area contributed by atoms with E-state index in [1.165, 1.54) is 10.4 Å². The predicted octanol–water partition coefficient (Wildman–Crippen LogP) is 1.36. The van der Waals surface area contributed by atoms with E-state index in [2.05, 4.69) is 18.8 Å². The Kier molecular flexibility index (Phi) is 7.60. The van der Waals surface area contributed by atoms with Crippen molar-refractivity contribution in [2.24, 2.45) is 0 Å². The summed E-state index contributed by atoms with van der Waals surface area (Å²) in [4.78, 5) is 0.281. The zero-order chi connectivity index (χ0) is 15.7. The van der Waals surface area contributed by atoms with Crippen molar-refractivity contribution in [2.45, 2.75) is 24.8 Å². The summed E-state index contributed by atoms with van der Waals surface area (Å²) >= 11 is 0. The van der Waals surface area contributed by atoms with Crippen LogP contribution in [-0.4, -0.2) is 44.1 Å². The molecule has 1 aromatic carbocycles. The number of aliphatic hydroxyl groups is 1. The first-order valence-electron chi connectivity index (χ1n) is 7.08. The smallest absolute Gasteiger partial charge is 0.243 e. The van der Waals surface area contributed by atoms with Gasteiger partial charge in [0.1, 0.15) is 0 Å². The van der Waals surface area contributed by atoms with Crippen molar-refractivity contribution < 1.29 is 13.5 Å². The summed E-state index contributed by atoms with van der Waals surface area (Å²) in [5.74, 6) is 0. The Morgan fingerprint density at radius 1 is 1.38 bits per heavy atom. The first kappa shape index (κ1) is 17.8. The average molecular weight is 312 g/mol. The summed E-state index contributed by atoms with van der Waals surface area (Å²) < 4.78 is 26.6. The Balaban J connectivity index is 3.08. The normalized spacial score (nSPS) is 11.8. The molecule has 21 heavy (non-hydrogen) atoms. The van der Waals surface area contributed by atoms with E-state index in [0.29, 0.717) is 6.54 Å². The molecule has 0 atom stereocenters. The lowest BCUT2D eigenvalue weighted by Gasteiger charge is -2.21. The van der Waals surface area contributed by atoms with E-state index in [4.69, 9.17) is 5.11 Å². The minimum atomic E-state index is -3.63. The van der Waals surface area contributed by atoms with Gasteiger partial charge in [0, 0.05) is 19.6 Å². The molecule has 0 amide bonds. The maximum absolute atomic E-state index is 12.7. The molecule has 0 aromatic heterocycles. The van der Waals surface area contributed by atoms with Crippen molar-refractivity contribution in [2.75, 3.05) is 26.2 Å². The number of hydrogen-bond donors (Lipinski definition) is 2. The highest BCUT2D eigenvalue weighted by Crippen LogP contribution is 2.20. The zero-order valence-corrected chi connectivity index (χ0v) is 13.3. The summed E-state index contributed by atoms with van der Waals surface area (Å²) in [5, 5.41) is 12.3. The van der Waals surface area contributed by atoms with Crippen LogP contribution >= 0.6 is 0 Å². The third-order valence-corrected chi connectivity index (χ3v) is 4.98. The highest BCUT2D eigenvalue weighted by Gasteiger charge is 2.25. The van der Waals surface area contributed by atoms with E-state index < -0.39 is 10.0 Å². The highest BCUT2D eigenvalue weighted by molar-refractivity contribution is 7.89. The summed E-state index contributed by atoms with van der Waals surface area (Å²) in [7, 11) is -3.63. The fourth-order valence-corrected chi connectivity index (χ4v) is 3.63. The SMILES string of the molecule is C=CCN(CCO)S(=O)(=O)c1ccccc1CNCCC. The highest BCUT2D eigenvalue weighted by atomic mass is 32.2. The molecule has 1 aromatic rings. The molecule has 0 radical (unpaired) electrons. The van der Waals surface area contributed by atoms with Gasteiger partial charge in [-0.3, -0.25) is 0 Å². The van der Waals surface area contributed by atoms with Gasteiger partial charge in [-0.1, -0.05) is 31.2 Å². The molecule has 0 aliphatic carbocycles. The maximum atomic E-state index is 12.7. The topological polar surface area (TPSA) is 69.6 Å². The second kappa shape index (κ2) is 8.94. The molecule has 5 nitrogen and oxygen atoms in total. The van der Waals surface area contributed by atoms with Gasteiger partial charge in [0.15, 0.2) is 0 Å². The van der Waals surface area contributed by atoms with Crippen molar-refractivity contribution >= 4 is 10.0 Å². The largest absolute Gasteiger partial charge is 0.395 e. The van der Waals surface area contributed by atoms with Gasteiger partial charge in [0.2, 0.25) is 10.0 Å². The number of nitrogens with one attached hydrogen (secondary N) is 1. The van der Waals surface area contributed by atoms with E-state index in [1.807, 2.05) is 6.07 Å². The van der Waals surface area contributed by atoms with Gasteiger partial charge in [-0.2, -0.15) is 4.31 Å². The molecule has 0 aliphatic heterocycles. The van der Waals surface area contributed by atoms with Gasteiger partial charge in [-0.15, -0.1) is 6.58 Å². The van der Waals surface area contributed by atoms with Gasteiger partial charge < -0.3 is 10.4 Å².